The quantitative estimate of drug-likeness (QED) is 0.325. The van der Waals surface area contributed by atoms with E-state index in [-0.39, 0.29) is 11.5 Å². The molecular formula is C25H25N3O3S2. The normalized spacial score (nSPS) is 11.0. The first-order chi connectivity index (χ1) is 15.9. The Hall–Kier alpha value is -3.10. The van der Waals surface area contributed by atoms with Gasteiger partial charge in [-0.3, -0.25) is 9.59 Å². The number of fused-ring (bicyclic) bond motifs is 1. The molecule has 0 saturated heterocycles. The number of H-pyrrole nitrogens is 1. The molecule has 2 aromatic carbocycles. The number of nitrogens with zero attached hydrogens (tertiary/aromatic N) is 1. The third kappa shape index (κ3) is 4.96. The minimum Gasteiger partial charge on any atom is -0.492 e. The van der Waals surface area contributed by atoms with Crippen molar-refractivity contribution in [3.63, 3.8) is 0 Å². The summed E-state index contributed by atoms with van der Waals surface area (Å²) in [6.45, 7) is 8.30. The molecule has 0 spiro atoms. The monoisotopic (exact) mass is 479 g/mol. The summed E-state index contributed by atoms with van der Waals surface area (Å²) in [5.74, 6) is 1.45. The third-order valence-corrected chi connectivity index (χ3v) is 7.55. The van der Waals surface area contributed by atoms with E-state index < -0.39 is 0 Å². The minimum absolute atomic E-state index is 0.223. The van der Waals surface area contributed by atoms with E-state index in [0.717, 1.165) is 4.90 Å². The number of rotatable bonds is 7. The Morgan fingerprint density at radius 2 is 1.97 bits per heavy atom. The van der Waals surface area contributed by atoms with Crippen LogP contribution in [0.5, 0.6) is 5.75 Å². The number of thioether (sulfide) groups is 1. The van der Waals surface area contributed by atoms with E-state index in [2.05, 4.69) is 47.3 Å². The Morgan fingerprint density at radius 3 is 2.76 bits per heavy atom. The van der Waals surface area contributed by atoms with Crippen molar-refractivity contribution in [3.05, 3.63) is 80.2 Å². The van der Waals surface area contributed by atoms with Crippen LogP contribution in [0, 0.1) is 20.8 Å². The molecule has 0 fully saturated rings. The molecule has 33 heavy (non-hydrogen) atoms. The summed E-state index contributed by atoms with van der Waals surface area (Å²) >= 11 is 2.87. The van der Waals surface area contributed by atoms with Crippen molar-refractivity contribution in [2.24, 2.45) is 0 Å². The first kappa shape index (κ1) is 23.1. The van der Waals surface area contributed by atoms with Crippen molar-refractivity contribution in [1.29, 1.82) is 0 Å². The van der Waals surface area contributed by atoms with Gasteiger partial charge in [-0.2, -0.15) is 0 Å². The standard InChI is InChI=1S/C25H25N3O3S2/c1-5-31-18-9-7-6-8-17(18)26-24(30)22-16(4)21-23(29)27-20(28-25(21)33-22)13-32-19-12-14(2)10-11-15(19)3/h6-12H,5,13H2,1-4H3,(H,26,30)(H,27,28,29). The Balaban J connectivity index is 1.60. The molecule has 0 aliphatic carbocycles. The van der Waals surface area contributed by atoms with E-state index in [4.69, 9.17) is 4.74 Å². The Morgan fingerprint density at radius 1 is 1.18 bits per heavy atom. The predicted octanol–water partition coefficient (Wildman–Crippen LogP) is 5.85. The van der Waals surface area contributed by atoms with Gasteiger partial charge >= 0.3 is 0 Å². The molecule has 2 N–H and O–H groups in total. The largest absolute Gasteiger partial charge is 0.492 e. The fourth-order valence-corrected chi connectivity index (χ4v) is 5.60. The number of thiophene rings is 1. The number of carbonyl (C=O) groups excluding carboxylic acids is 1. The number of nitrogens with one attached hydrogen (secondary N) is 2. The van der Waals surface area contributed by atoms with Crippen molar-refractivity contribution in [1.82, 2.24) is 9.97 Å². The van der Waals surface area contributed by atoms with Crippen LogP contribution in [-0.2, 0) is 5.75 Å². The molecule has 0 saturated carbocycles. The van der Waals surface area contributed by atoms with Gasteiger partial charge < -0.3 is 15.0 Å². The van der Waals surface area contributed by atoms with Gasteiger partial charge in [0.25, 0.3) is 11.5 Å². The maximum Gasteiger partial charge on any atom is 0.266 e. The number of benzene rings is 2. The maximum atomic E-state index is 13.0. The second kappa shape index (κ2) is 9.80. The number of para-hydroxylation sites is 2. The molecule has 0 radical (unpaired) electrons. The van der Waals surface area contributed by atoms with E-state index in [9.17, 15) is 9.59 Å². The number of anilines is 1. The lowest BCUT2D eigenvalue weighted by molar-refractivity contribution is 0.102. The molecule has 0 atom stereocenters. The average molecular weight is 480 g/mol. The van der Waals surface area contributed by atoms with Crippen LogP contribution >= 0.6 is 23.1 Å². The second-order valence-electron chi connectivity index (χ2n) is 7.69. The van der Waals surface area contributed by atoms with Gasteiger partial charge in [0.15, 0.2) is 0 Å². The highest BCUT2D eigenvalue weighted by atomic mass is 32.2. The number of hydrogen-bond acceptors (Lipinski definition) is 6. The summed E-state index contributed by atoms with van der Waals surface area (Å²) in [6, 6.07) is 13.6. The summed E-state index contributed by atoms with van der Waals surface area (Å²) in [5, 5.41) is 3.37. The number of aromatic amines is 1. The van der Waals surface area contributed by atoms with Crippen molar-refractivity contribution < 1.29 is 9.53 Å². The molecule has 2 heterocycles. The van der Waals surface area contributed by atoms with E-state index in [1.807, 2.05) is 25.1 Å². The highest BCUT2D eigenvalue weighted by Crippen LogP contribution is 2.31. The van der Waals surface area contributed by atoms with Crippen molar-refractivity contribution in [2.45, 2.75) is 38.3 Å². The first-order valence-corrected chi connectivity index (χ1v) is 12.4. The van der Waals surface area contributed by atoms with E-state index in [1.165, 1.54) is 22.5 Å². The van der Waals surface area contributed by atoms with Crippen molar-refractivity contribution in [3.8, 4) is 5.75 Å². The maximum absolute atomic E-state index is 13.0. The SMILES string of the molecule is CCOc1ccccc1NC(=O)c1sc2nc(CSc3cc(C)ccc3C)[nH]c(=O)c2c1C. The molecule has 0 aliphatic heterocycles. The molecule has 6 nitrogen and oxygen atoms in total. The predicted molar refractivity (Wildman–Crippen MR) is 136 cm³/mol. The van der Waals surface area contributed by atoms with Gasteiger partial charge in [-0.1, -0.05) is 29.8 Å². The zero-order chi connectivity index (χ0) is 23.5. The Kier molecular flexibility index (Phi) is 6.85. The number of amides is 1. The zero-order valence-corrected chi connectivity index (χ0v) is 20.6. The first-order valence-electron chi connectivity index (χ1n) is 10.6. The van der Waals surface area contributed by atoms with Gasteiger partial charge in [-0.05, 0) is 57.0 Å². The highest BCUT2D eigenvalue weighted by molar-refractivity contribution is 7.98. The Bertz CT molecular complexity index is 1390. The van der Waals surface area contributed by atoms with Gasteiger partial charge in [-0.15, -0.1) is 23.1 Å². The summed E-state index contributed by atoms with van der Waals surface area (Å²) < 4.78 is 5.60. The molecule has 0 unspecified atom stereocenters. The molecule has 0 bridgehead atoms. The van der Waals surface area contributed by atoms with Crippen LogP contribution in [0.4, 0.5) is 5.69 Å². The van der Waals surface area contributed by atoms with Crippen LogP contribution in [0.3, 0.4) is 0 Å². The van der Waals surface area contributed by atoms with Crippen LogP contribution in [0.15, 0.2) is 52.2 Å². The van der Waals surface area contributed by atoms with Gasteiger partial charge in [-0.25, -0.2) is 4.98 Å². The number of carbonyl (C=O) groups is 1. The van der Waals surface area contributed by atoms with Crippen LogP contribution in [-0.4, -0.2) is 22.5 Å². The van der Waals surface area contributed by atoms with E-state index >= 15 is 0 Å². The lowest BCUT2D eigenvalue weighted by atomic mass is 10.2. The average Bonchev–Trinajstić information content (AvgIpc) is 3.13. The summed E-state index contributed by atoms with van der Waals surface area (Å²) in [6.07, 6.45) is 0. The van der Waals surface area contributed by atoms with Crippen LogP contribution in [0.2, 0.25) is 0 Å². The van der Waals surface area contributed by atoms with Crippen LogP contribution in [0.25, 0.3) is 10.2 Å². The summed E-state index contributed by atoms with van der Waals surface area (Å²) in [5.41, 5.74) is 3.37. The summed E-state index contributed by atoms with van der Waals surface area (Å²) in [7, 11) is 0. The van der Waals surface area contributed by atoms with Gasteiger partial charge in [0, 0.05) is 4.90 Å². The molecule has 4 aromatic rings. The molecule has 2 aromatic heterocycles. The number of hydrogen-bond donors (Lipinski definition) is 2. The molecule has 4 rings (SSSR count). The number of aromatic nitrogens is 2. The smallest absolute Gasteiger partial charge is 0.266 e. The van der Waals surface area contributed by atoms with Crippen LogP contribution < -0.4 is 15.6 Å². The van der Waals surface area contributed by atoms with Crippen molar-refractivity contribution in [2.75, 3.05) is 11.9 Å². The van der Waals surface area contributed by atoms with Crippen LogP contribution in [0.1, 0.15) is 39.1 Å². The highest BCUT2D eigenvalue weighted by Gasteiger charge is 2.20. The number of ether oxygens (including phenoxy) is 1. The fraction of sp³-hybridized carbons (Fsp3) is 0.240. The van der Waals surface area contributed by atoms with Gasteiger partial charge in [0.05, 0.1) is 28.3 Å². The Labute approximate surface area is 200 Å². The lowest BCUT2D eigenvalue weighted by Crippen LogP contribution is -2.14. The minimum atomic E-state index is -0.284. The fourth-order valence-electron chi connectivity index (χ4n) is 3.51. The van der Waals surface area contributed by atoms with E-state index in [1.54, 1.807) is 24.8 Å². The van der Waals surface area contributed by atoms with Gasteiger partial charge in [0.2, 0.25) is 0 Å². The van der Waals surface area contributed by atoms with Crippen molar-refractivity contribution >= 4 is 44.9 Å². The second-order valence-corrected chi connectivity index (χ2v) is 9.71. The van der Waals surface area contributed by atoms with E-state index in [0.29, 0.717) is 50.3 Å². The van der Waals surface area contributed by atoms with Gasteiger partial charge in [0.1, 0.15) is 16.4 Å². The summed E-state index contributed by atoms with van der Waals surface area (Å²) in [4.78, 5) is 35.6. The molecule has 170 valence electrons. The number of aryl methyl sites for hydroxylation is 3. The topological polar surface area (TPSA) is 84.1 Å². The molecule has 0 aliphatic rings. The third-order valence-electron chi connectivity index (χ3n) is 5.20. The lowest BCUT2D eigenvalue weighted by Gasteiger charge is -2.10. The molecular weight excluding hydrogens is 454 g/mol. The zero-order valence-electron chi connectivity index (χ0n) is 18.9. The molecule has 8 heteroatoms. The molecule has 1 amide bonds.